The Kier molecular flexibility index (Phi) is 7.40. The molecule has 0 saturated heterocycles. The fourth-order valence-electron chi connectivity index (χ4n) is 2.41. The van der Waals surface area contributed by atoms with E-state index < -0.39 is 34.5 Å². The van der Waals surface area contributed by atoms with Gasteiger partial charge in [-0.3, -0.25) is 9.59 Å². The molecule has 0 saturated carbocycles. The number of carbonyl (C=O) groups excluding carboxylic acids is 2. The number of ether oxygens (including phenoxy) is 2. The molecule has 3 rings (SSSR count). The monoisotopic (exact) mass is 460 g/mol. The molecule has 162 valence electrons. The number of para-hydroxylation sites is 1. The van der Waals surface area contributed by atoms with E-state index in [1.165, 1.54) is 13.0 Å². The van der Waals surface area contributed by atoms with E-state index in [4.69, 9.17) is 9.47 Å². The zero-order valence-corrected chi connectivity index (χ0v) is 18.1. The van der Waals surface area contributed by atoms with Crippen molar-refractivity contribution in [1.82, 2.24) is 4.72 Å². The molecule has 0 aliphatic carbocycles. The van der Waals surface area contributed by atoms with E-state index in [2.05, 4.69) is 10.0 Å². The third-order valence-corrected chi connectivity index (χ3v) is 6.74. The summed E-state index contributed by atoms with van der Waals surface area (Å²) in [6, 6.07) is 19.0. The van der Waals surface area contributed by atoms with Crippen molar-refractivity contribution >= 4 is 38.9 Å². The van der Waals surface area contributed by atoms with Crippen molar-refractivity contribution in [3.8, 4) is 11.5 Å². The molecule has 1 amide bonds. The smallest absolute Gasteiger partial charge is 0.321 e. The van der Waals surface area contributed by atoms with E-state index >= 15 is 0 Å². The Morgan fingerprint density at radius 3 is 2.29 bits per heavy atom. The van der Waals surface area contributed by atoms with E-state index in [0.717, 1.165) is 11.3 Å². The van der Waals surface area contributed by atoms with Gasteiger partial charge >= 0.3 is 5.97 Å². The minimum atomic E-state index is -3.79. The highest BCUT2D eigenvalue weighted by atomic mass is 32.2. The van der Waals surface area contributed by atoms with Gasteiger partial charge in [-0.2, -0.15) is 4.72 Å². The molecule has 10 heteroatoms. The third kappa shape index (κ3) is 6.64. The molecule has 0 aliphatic heterocycles. The van der Waals surface area contributed by atoms with Crippen LogP contribution in [0, 0.1) is 0 Å². The fourth-order valence-corrected chi connectivity index (χ4v) is 4.42. The van der Waals surface area contributed by atoms with Crippen molar-refractivity contribution in [3.05, 3.63) is 72.1 Å². The molecule has 8 nitrogen and oxygen atoms in total. The summed E-state index contributed by atoms with van der Waals surface area (Å²) in [6.45, 7) is 0.817. The number of anilines is 1. The lowest BCUT2D eigenvalue weighted by Gasteiger charge is -2.14. The van der Waals surface area contributed by atoms with Gasteiger partial charge in [0.15, 0.2) is 6.10 Å². The van der Waals surface area contributed by atoms with Crippen LogP contribution < -0.4 is 14.8 Å². The summed E-state index contributed by atoms with van der Waals surface area (Å²) in [7, 11) is -3.79. The summed E-state index contributed by atoms with van der Waals surface area (Å²) in [5, 5.41) is 4.23. The molecular formula is C21H20N2O6S2. The predicted octanol–water partition coefficient (Wildman–Crippen LogP) is 3.39. The first kappa shape index (κ1) is 22.5. The van der Waals surface area contributed by atoms with Crippen LogP contribution in [0.2, 0.25) is 0 Å². The van der Waals surface area contributed by atoms with Crippen LogP contribution in [0.1, 0.15) is 6.92 Å². The summed E-state index contributed by atoms with van der Waals surface area (Å²) in [4.78, 5) is 24.2. The maximum atomic E-state index is 12.3. The third-order valence-electron chi connectivity index (χ3n) is 3.94. The summed E-state index contributed by atoms with van der Waals surface area (Å²) in [5.41, 5.74) is 0.492. The number of hydrogen-bond donors (Lipinski definition) is 2. The highest BCUT2D eigenvalue weighted by Crippen LogP contribution is 2.22. The molecular weight excluding hydrogens is 440 g/mol. The first-order chi connectivity index (χ1) is 14.8. The van der Waals surface area contributed by atoms with Crippen LogP contribution in [0.25, 0.3) is 0 Å². The Hall–Kier alpha value is -3.21. The van der Waals surface area contributed by atoms with Crippen molar-refractivity contribution in [2.24, 2.45) is 0 Å². The van der Waals surface area contributed by atoms with Gasteiger partial charge in [0, 0.05) is 5.69 Å². The number of nitrogens with one attached hydrogen (secondary N) is 2. The van der Waals surface area contributed by atoms with Gasteiger partial charge in [-0.05, 0) is 54.8 Å². The average Bonchev–Trinajstić information content (AvgIpc) is 3.30. The van der Waals surface area contributed by atoms with Crippen LogP contribution in [0.4, 0.5) is 5.69 Å². The molecule has 2 N–H and O–H groups in total. The molecule has 0 bridgehead atoms. The first-order valence-electron chi connectivity index (χ1n) is 9.20. The number of hydrogen-bond acceptors (Lipinski definition) is 7. The van der Waals surface area contributed by atoms with Gasteiger partial charge in [-0.25, -0.2) is 8.42 Å². The number of esters is 1. The molecule has 2 aromatic carbocycles. The number of rotatable bonds is 9. The molecule has 1 heterocycles. The SMILES string of the molecule is C[C@@H](OC(=O)CNS(=O)(=O)c1cccs1)C(=O)Nc1ccc(Oc2ccccc2)cc1. The molecule has 31 heavy (non-hydrogen) atoms. The first-order valence-corrected chi connectivity index (χ1v) is 11.6. The van der Waals surface area contributed by atoms with Crippen molar-refractivity contribution in [1.29, 1.82) is 0 Å². The zero-order valence-electron chi connectivity index (χ0n) is 16.5. The number of amides is 1. The second-order valence-corrected chi connectivity index (χ2v) is 9.26. The number of sulfonamides is 1. The maximum absolute atomic E-state index is 12.3. The molecule has 3 aromatic rings. The lowest BCUT2D eigenvalue weighted by Crippen LogP contribution is -2.35. The zero-order chi connectivity index (χ0) is 22.3. The second kappa shape index (κ2) is 10.2. The van der Waals surface area contributed by atoms with Crippen LogP contribution in [-0.2, 0) is 24.3 Å². The molecule has 0 radical (unpaired) electrons. The van der Waals surface area contributed by atoms with Gasteiger partial charge in [-0.15, -0.1) is 11.3 Å². The minimum absolute atomic E-state index is 0.0887. The topological polar surface area (TPSA) is 111 Å². The van der Waals surface area contributed by atoms with Crippen LogP contribution >= 0.6 is 11.3 Å². The molecule has 0 unspecified atom stereocenters. The van der Waals surface area contributed by atoms with Gasteiger partial charge in [0.2, 0.25) is 0 Å². The van der Waals surface area contributed by atoms with Gasteiger partial charge < -0.3 is 14.8 Å². The molecule has 1 aromatic heterocycles. The standard InChI is InChI=1S/C21H20N2O6S2/c1-15(28-19(24)14-22-31(26,27)20-8-5-13-30-20)21(25)23-16-9-11-18(12-10-16)29-17-6-3-2-4-7-17/h2-13,15,22H,14H2,1H3,(H,23,25)/t15-/m1/s1. The van der Waals surface area contributed by atoms with Crippen LogP contribution in [0.5, 0.6) is 11.5 Å². The van der Waals surface area contributed by atoms with Crippen molar-refractivity contribution in [2.75, 3.05) is 11.9 Å². The summed E-state index contributed by atoms with van der Waals surface area (Å²) in [5.74, 6) is -0.128. The largest absolute Gasteiger partial charge is 0.457 e. The van der Waals surface area contributed by atoms with E-state index in [0.29, 0.717) is 17.2 Å². The van der Waals surface area contributed by atoms with Crippen molar-refractivity contribution in [2.45, 2.75) is 17.2 Å². The molecule has 0 aliphatic rings. The van der Waals surface area contributed by atoms with Gasteiger partial charge in [-0.1, -0.05) is 24.3 Å². The Morgan fingerprint density at radius 1 is 0.968 bits per heavy atom. The van der Waals surface area contributed by atoms with E-state index in [-0.39, 0.29) is 4.21 Å². The van der Waals surface area contributed by atoms with Crippen LogP contribution in [0.3, 0.4) is 0 Å². The van der Waals surface area contributed by atoms with Gasteiger partial charge in [0.25, 0.3) is 15.9 Å². The average molecular weight is 461 g/mol. The van der Waals surface area contributed by atoms with E-state index in [9.17, 15) is 18.0 Å². The lowest BCUT2D eigenvalue weighted by atomic mass is 10.2. The summed E-state index contributed by atoms with van der Waals surface area (Å²) < 4.78 is 36.9. The lowest BCUT2D eigenvalue weighted by molar-refractivity contribution is -0.151. The Bertz CT molecular complexity index is 1110. The maximum Gasteiger partial charge on any atom is 0.321 e. The Balaban J connectivity index is 1.47. The Labute approximate surface area is 183 Å². The molecule has 1 atom stereocenters. The second-order valence-electron chi connectivity index (χ2n) is 6.32. The minimum Gasteiger partial charge on any atom is -0.457 e. The van der Waals surface area contributed by atoms with Crippen molar-refractivity contribution in [3.63, 3.8) is 0 Å². The Morgan fingerprint density at radius 2 is 1.65 bits per heavy atom. The highest BCUT2D eigenvalue weighted by Gasteiger charge is 2.21. The van der Waals surface area contributed by atoms with E-state index in [1.807, 2.05) is 30.3 Å². The van der Waals surface area contributed by atoms with Crippen molar-refractivity contribution < 1.29 is 27.5 Å². The molecule has 0 spiro atoms. The number of carbonyl (C=O) groups is 2. The van der Waals surface area contributed by atoms with Gasteiger partial charge in [0.05, 0.1) is 0 Å². The predicted molar refractivity (Wildman–Crippen MR) is 117 cm³/mol. The number of benzene rings is 2. The summed E-state index contributed by atoms with van der Waals surface area (Å²) in [6.07, 6.45) is -1.11. The number of thiophene rings is 1. The van der Waals surface area contributed by atoms with Crippen LogP contribution in [-0.4, -0.2) is 32.9 Å². The summed E-state index contributed by atoms with van der Waals surface area (Å²) >= 11 is 1.03. The fraction of sp³-hybridized carbons (Fsp3) is 0.143. The van der Waals surface area contributed by atoms with Gasteiger partial charge in [0.1, 0.15) is 22.3 Å². The normalized spacial score (nSPS) is 12.0. The highest BCUT2D eigenvalue weighted by molar-refractivity contribution is 7.91. The quantitative estimate of drug-likeness (QED) is 0.474. The molecule has 0 fully saturated rings. The van der Waals surface area contributed by atoms with E-state index in [1.54, 1.807) is 35.7 Å². The van der Waals surface area contributed by atoms with Crippen LogP contribution in [0.15, 0.2) is 76.3 Å².